The summed E-state index contributed by atoms with van der Waals surface area (Å²) >= 11 is 0. The van der Waals surface area contributed by atoms with Gasteiger partial charge in [0.1, 0.15) is 17.4 Å². The number of hydrogen-bond acceptors (Lipinski definition) is 10. The topological polar surface area (TPSA) is 139 Å². The third-order valence-corrected chi connectivity index (χ3v) is 7.19. The fourth-order valence-corrected chi connectivity index (χ4v) is 5.22. The van der Waals surface area contributed by atoms with E-state index in [2.05, 4.69) is 55.4 Å². The van der Waals surface area contributed by atoms with Crippen molar-refractivity contribution in [3.8, 4) is 11.8 Å². The van der Waals surface area contributed by atoms with E-state index in [1.54, 1.807) is 0 Å². The third-order valence-electron chi connectivity index (χ3n) is 7.19. The summed E-state index contributed by atoms with van der Waals surface area (Å²) in [7, 11) is 2.06. The zero-order chi connectivity index (χ0) is 31.9. The Balaban J connectivity index is 1.55. The molecule has 0 spiro atoms. The number of carbonyl (C=O) groups excluding carboxylic acids is 1. The number of nitriles is 1. The van der Waals surface area contributed by atoms with Gasteiger partial charge < -0.3 is 35.6 Å². The highest BCUT2D eigenvalue weighted by Gasteiger charge is 2.26. The van der Waals surface area contributed by atoms with E-state index in [9.17, 15) is 15.2 Å². The molecule has 0 bridgehead atoms. The van der Waals surface area contributed by atoms with Crippen LogP contribution in [0.5, 0.6) is 5.75 Å². The summed E-state index contributed by atoms with van der Waals surface area (Å²) in [6.07, 6.45) is 4.55. The van der Waals surface area contributed by atoms with E-state index in [-0.39, 0.29) is 23.5 Å². The number of piperidine rings is 1. The highest BCUT2D eigenvalue weighted by molar-refractivity contribution is 6.02. The van der Waals surface area contributed by atoms with E-state index in [1.807, 2.05) is 70.2 Å². The van der Waals surface area contributed by atoms with Crippen LogP contribution in [0, 0.1) is 11.3 Å². The summed E-state index contributed by atoms with van der Waals surface area (Å²) in [5.74, 6) is 0.848. The Morgan fingerprint density at radius 3 is 2.59 bits per heavy atom. The molecule has 0 radical (unpaired) electrons. The summed E-state index contributed by atoms with van der Waals surface area (Å²) in [5.41, 5.74) is 2.30. The van der Waals surface area contributed by atoms with Crippen molar-refractivity contribution < 1.29 is 14.6 Å². The van der Waals surface area contributed by atoms with Crippen molar-refractivity contribution in [3.05, 3.63) is 66.9 Å². The van der Waals surface area contributed by atoms with Crippen molar-refractivity contribution in [3.63, 3.8) is 0 Å². The number of benzene rings is 2. The highest BCUT2D eigenvalue weighted by atomic mass is 16.5. The molecule has 1 aliphatic rings. The maximum atomic E-state index is 12.4. The number of ether oxygens (including phenoxy) is 1. The van der Waals surface area contributed by atoms with Crippen LogP contribution in [0.25, 0.3) is 0 Å². The molecule has 232 valence electrons. The quantitative estimate of drug-likeness (QED) is 0.200. The number of anilines is 6. The summed E-state index contributed by atoms with van der Waals surface area (Å²) in [6.45, 7) is 13.4. The van der Waals surface area contributed by atoms with E-state index in [4.69, 9.17) is 4.74 Å². The van der Waals surface area contributed by atoms with Crippen molar-refractivity contribution in [1.29, 1.82) is 5.26 Å². The number of amides is 1. The SMILES string of the molecule is C=CC(=O)Nc1cc(N2CCC(N(C)CC(C)(C)O)CC2)ccc1Nc1ncc(C#N)c(Nc2ccccc2OC(C)C)n1. The van der Waals surface area contributed by atoms with Crippen LogP contribution in [0.2, 0.25) is 0 Å². The number of nitrogens with one attached hydrogen (secondary N) is 3. The average molecular weight is 599 g/mol. The lowest BCUT2D eigenvalue weighted by Gasteiger charge is -2.39. The van der Waals surface area contributed by atoms with Gasteiger partial charge in [0.25, 0.3) is 0 Å². The second kappa shape index (κ2) is 14.2. The van der Waals surface area contributed by atoms with Gasteiger partial charge in [0.15, 0.2) is 5.82 Å². The van der Waals surface area contributed by atoms with Gasteiger partial charge in [-0.05, 0) is 84.0 Å². The van der Waals surface area contributed by atoms with Gasteiger partial charge in [-0.15, -0.1) is 0 Å². The number of rotatable bonds is 12. The minimum Gasteiger partial charge on any atom is -0.489 e. The maximum Gasteiger partial charge on any atom is 0.247 e. The number of carbonyl (C=O) groups is 1. The molecule has 11 heteroatoms. The Morgan fingerprint density at radius 2 is 1.93 bits per heavy atom. The Morgan fingerprint density at radius 1 is 1.20 bits per heavy atom. The van der Waals surface area contributed by atoms with Gasteiger partial charge in [0.2, 0.25) is 11.9 Å². The summed E-state index contributed by atoms with van der Waals surface area (Å²) in [4.78, 5) is 25.8. The van der Waals surface area contributed by atoms with Crippen LogP contribution in [0.15, 0.2) is 61.3 Å². The van der Waals surface area contributed by atoms with Crippen LogP contribution >= 0.6 is 0 Å². The molecule has 1 aromatic heterocycles. The van der Waals surface area contributed by atoms with E-state index >= 15 is 0 Å². The molecule has 1 saturated heterocycles. The van der Waals surface area contributed by atoms with E-state index in [0.717, 1.165) is 31.6 Å². The van der Waals surface area contributed by atoms with Crippen molar-refractivity contribution in [1.82, 2.24) is 14.9 Å². The van der Waals surface area contributed by atoms with Gasteiger partial charge in [-0.1, -0.05) is 18.7 Å². The molecule has 2 heterocycles. The molecule has 11 nitrogen and oxygen atoms in total. The van der Waals surface area contributed by atoms with E-state index in [1.165, 1.54) is 12.3 Å². The van der Waals surface area contributed by atoms with Gasteiger partial charge in [-0.2, -0.15) is 10.2 Å². The lowest BCUT2D eigenvalue weighted by molar-refractivity contribution is -0.111. The first kappa shape index (κ1) is 32.3. The van der Waals surface area contributed by atoms with Gasteiger partial charge in [0.05, 0.1) is 35.0 Å². The number of likely N-dealkylation sites (N-methyl/N-ethyl adjacent to an activating group) is 1. The molecule has 0 atom stereocenters. The Bertz CT molecular complexity index is 1500. The largest absolute Gasteiger partial charge is 0.489 e. The normalized spacial score (nSPS) is 13.8. The fourth-order valence-electron chi connectivity index (χ4n) is 5.22. The first-order valence-corrected chi connectivity index (χ1v) is 14.8. The molecule has 0 unspecified atom stereocenters. The van der Waals surface area contributed by atoms with Crippen molar-refractivity contribution in [2.45, 2.75) is 58.3 Å². The Labute approximate surface area is 259 Å². The summed E-state index contributed by atoms with van der Waals surface area (Å²) in [6, 6.07) is 15.8. The Kier molecular flexibility index (Phi) is 10.4. The second-order valence-electron chi connectivity index (χ2n) is 11.8. The molecule has 0 aliphatic carbocycles. The minimum atomic E-state index is -0.741. The van der Waals surface area contributed by atoms with Crippen LogP contribution in [-0.2, 0) is 4.79 Å². The van der Waals surface area contributed by atoms with Gasteiger partial charge in [-0.3, -0.25) is 4.79 Å². The molecule has 1 amide bonds. The number of para-hydroxylation sites is 2. The monoisotopic (exact) mass is 598 g/mol. The Hall–Kier alpha value is -4.66. The van der Waals surface area contributed by atoms with Crippen LogP contribution in [0.4, 0.5) is 34.5 Å². The average Bonchev–Trinajstić information content (AvgIpc) is 2.98. The molecule has 1 aliphatic heterocycles. The molecule has 4 N–H and O–H groups in total. The summed E-state index contributed by atoms with van der Waals surface area (Å²) < 4.78 is 5.91. The van der Waals surface area contributed by atoms with E-state index < -0.39 is 5.60 Å². The zero-order valence-corrected chi connectivity index (χ0v) is 26.1. The zero-order valence-electron chi connectivity index (χ0n) is 26.1. The number of aromatic nitrogens is 2. The van der Waals surface area contributed by atoms with Gasteiger partial charge in [0, 0.05) is 31.4 Å². The maximum absolute atomic E-state index is 12.4. The first-order valence-electron chi connectivity index (χ1n) is 14.8. The predicted molar refractivity (Wildman–Crippen MR) is 175 cm³/mol. The molecule has 2 aromatic carbocycles. The predicted octanol–water partition coefficient (Wildman–Crippen LogP) is 5.42. The number of aliphatic hydroxyl groups is 1. The number of nitrogens with zero attached hydrogens (tertiary/aromatic N) is 5. The molecular weight excluding hydrogens is 556 g/mol. The molecule has 44 heavy (non-hydrogen) atoms. The van der Waals surface area contributed by atoms with Crippen molar-refractivity contribution in [2.24, 2.45) is 0 Å². The fraction of sp³-hybridized carbons (Fsp3) is 0.394. The standard InChI is InChI=1S/C33H42N8O3/c1-7-30(42)36-28-18-25(41-16-14-24(15-17-41)40(6)21-33(4,5)43)12-13-26(28)38-32-35-20-23(19-34)31(39-32)37-27-10-8-9-11-29(27)44-22(2)3/h7-13,18,20,22,24,43H,1,14-17,21H2,2-6H3,(H,36,42)(H2,35,37,38,39). The smallest absolute Gasteiger partial charge is 0.247 e. The number of hydrogen-bond donors (Lipinski definition) is 4. The molecule has 0 saturated carbocycles. The summed E-state index contributed by atoms with van der Waals surface area (Å²) in [5, 5.41) is 29.2. The van der Waals surface area contributed by atoms with Crippen LogP contribution in [0.1, 0.15) is 46.1 Å². The van der Waals surface area contributed by atoms with Gasteiger partial charge >= 0.3 is 0 Å². The van der Waals surface area contributed by atoms with E-state index in [0.29, 0.717) is 41.2 Å². The molecule has 4 rings (SSSR count). The van der Waals surface area contributed by atoms with Crippen LogP contribution in [0.3, 0.4) is 0 Å². The first-order chi connectivity index (χ1) is 21.0. The molecule has 3 aromatic rings. The second-order valence-corrected chi connectivity index (χ2v) is 11.8. The minimum absolute atomic E-state index is 0.0328. The van der Waals surface area contributed by atoms with Crippen molar-refractivity contribution >= 4 is 40.4 Å². The van der Waals surface area contributed by atoms with Gasteiger partial charge in [-0.25, -0.2) is 4.98 Å². The molecular formula is C33H42N8O3. The third kappa shape index (κ3) is 8.69. The highest BCUT2D eigenvalue weighted by Crippen LogP contribution is 2.33. The molecule has 1 fully saturated rings. The lowest BCUT2D eigenvalue weighted by atomic mass is 10.0. The van der Waals surface area contributed by atoms with Crippen molar-refractivity contribution in [2.75, 3.05) is 47.5 Å². The lowest BCUT2D eigenvalue weighted by Crippen LogP contribution is -2.47. The van der Waals surface area contributed by atoms with Crippen LogP contribution in [-0.4, -0.2) is 70.3 Å². The van der Waals surface area contributed by atoms with Crippen LogP contribution < -0.4 is 25.6 Å².